The molecule has 2 aromatic heterocycles. The monoisotopic (exact) mass is 406 g/mol. The van der Waals surface area contributed by atoms with Crippen LogP contribution in [0.5, 0.6) is 0 Å². The molecule has 0 atom stereocenters. The Balaban J connectivity index is 1.52. The molecular formula is C21H18N4OS2. The third-order valence-corrected chi connectivity index (χ3v) is 6.85. The fourth-order valence-electron chi connectivity index (χ4n) is 3.41. The van der Waals surface area contributed by atoms with Crippen LogP contribution < -0.4 is 5.73 Å². The van der Waals surface area contributed by atoms with Crippen LogP contribution in [0.1, 0.15) is 44.9 Å². The van der Waals surface area contributed by atoms with Gasteiger partial charge in [0.2, 0.25) is 5.91 Å². The van der Waals surface area contributed by atoms with Crippen molar-refractivity contribution < 1.29 is 4.79 Å². The van der Waals surface area contributed by atoms with Crippen LogP contribution in [0.15, 0.2) is 34.7 Å². The Morgan fingerprint density at radius 2 is 2.07 bits per heavy atom. The van der Waals surface area contributed by atoms with Crippen LogP contribution in [-0.4, -0.2) is 15.9 Å². The highest BCUT2D eigenvalue weighted by molar-refractivity contribution is 7.98. The first-order valence-corrected chi connectivity index (χ1v) is 10.8. The Labute approximate surface area is 171 Å². The van der Waals surface area contributed by atoms with E-state index in [0.717, 1.165) is 51.8 Å². The van der Waals surface area contributed by atoms with Gasteiger partial charge < -0.3 is 5.73 Å². The number of thioether (sulfide) groups is 1. The van der Waals surface area contributed by atoms with E-state index in [4.69, 9.17) is 15.7 Å². The number of aromatic nitrogens is 2. The van der Waals surface area contributed by atoms with Crippen LogP contribution in [0.3, 0.4) is 0 Å². The number of fused-ring (bicyclic) bond motifs is 1. The number of hydrogen-bond acceptors (Lipinski definition) is 6. The Bertz CT molecular complexity index is 1100. The lowest BCUT2D eigenvalue weighted by Gasteiger charge is -2.10. The number of nitriles is 1. The van der Waals surface area contributed by atoms with Gasteiger partial charge in [0.25, 0.3) is 0 Å². The molecule has 4 rings (SSSR count). The molecule has 0 saturated carbocycles. The van der Waals surface area contributed by atoms with E-state index >= 15 is 0 Å². The zero-order valence-electron chi connectivity index (χ0n) is 15.4. The van der Waals surface area contributed by atoms with Gasteiger partial charge in [-0.1, -0.05) is 23.9 Å². The van der Waals surface area contributed by atoms with Gasteiger partial charge in [-0.05, 0) is 49.4 Å². The van der Waals surface area contributed by atoms with E-state index in [2.05, 4.69) is 6.07 Å². The lowest BCUT2D eigenvalue weighted by molar-refractivity contribution is 0.100. The SMILES string of the molecule is Cc1c(C#N)c(SCc2csc(-c3ccc(C(N)=O)cc3)n2)nc2c1CCC2. The van der Waals surface area contributed by atoms with E-state index in [1.165, 1.54) is 5.56 Å². The fourth-order valence-corrected chi connectivity index (χ4v) is 5.29. The summed E-state index contributed by atoms with van der Waals surface area (Å²) in [5.74, 6) is 0.226. The number of benzene rings is 1. The van der Waals surface area contributed by atoms with Crippen molar-refractivity contribution in [3.63, 3.8) is 0 Å². The molecule has 3 aromatic rings. The van der Waals surface area contributed by atoms with Crippen LogP contribution in [0.25, 0.3) is 10.6 Å². The van der Waals surface area contributed by atoms with Crippen LogP contribution in [0.4, 0.5) is 0 Å². The summed E-state index contributed by atoms with van der Waals surface area (Å²) in [5.41, 5.74) is 11.9. The highest BCUT2D eigenvalue weighted by atomic mass is 32.2. The Hall–Kier alpha value is -2.69. The van der Waals surface area contributed by atoms with Crippen molar-refractivity contribution in [1.29, 1.82) is 5.26 Å². The van der Waals surface area contributed by atoms with Gasteiger partial charge in [0.05, 0.1) is 11.3 Å². The molecule has 1 aromatic carbocycles. The summed E-state index contributed by atoms with van der Waals surface area (Å²) in [6.07, 6.45) is 3.14. The molecule has 0 spiro atoms. The van der Waals surface area contributed by atoms with E-state index in [0.29, 0.717) is 16.9 Å². The second-order valence-electron chi connectivity index (χ2n) is 6.68. The average Bonchev–Trinajstić information content (AvgIpc) is 3.36. The lowest BCUT2D eigenvalue weighted by atomic mass is 10.0. The molecule has 2 heterocycles. The van der Waals surface area contributed by atoms with Crippen molar-refractivity contribution >= 4 is 29.0 Å². The molecule has 1 aliphatic carbocycles. The standard InChI is InChI=1S/C21H18N4OS2/c1-12-16-3-2-4-18(16)25-21(17(12)9-22)28-11-15-10-27-20(24-15)14-7-5-13(6-8-14)19(23)26/h5-8,10H,2-4,11H2,1H3,(H2,23,26). The van der Waals surface area contributed by atoms with Crippen LogP contribution in [-0.2, 0) is 18.6 Å². The van der Waals surface area contributed by atoms with Crippen LogP contribution >= 0.6 is 23.1 Å². The molecule has 2 N–H and O–H groups in total. The molecule has 0 aliphatic heterocycles. The molecule has 140 valence electrons. The maximum Gasteiger partial charge on any atom is 0.248 e. The van der Waals surface area contributed by atoms with Gasteiger partial charge in [-0.15, -0.1) is 11.3 Å². The van der Waals surface area contributed by atoms with Crippen molar-refractivity contribution in [2.75, 3.05) is 0 Å². The molecule has 0 bridgehead atoms. The van der Waals surface area contributed by atoms with Gasteiger partial charge in [0.1, 0.15) is 16.1 Å². The molecule has 1 amide bonds. The number of rotatable bonds is 5. The first-order chi connectivity index (χ1) is 13.6. The zero-order valence-corrected chi connectivity index (χ0v) is 17.0. The molecule has 0 saturated heterocycles. The van der Waals surface area contributed by atoms with Crippen molar-refractivity contribution in [3.8, 4) is 16.6 Å². The molecule has 5 nitrogen and oxygen atoms in total. The number of nitrogens with two attached hydrogens (primary N) is 1. The number of carbonyl (C=O) groups is 1. The summed E-state index contributed by atoms with van der Waals surface area (Å²) in [5, 5.41) is 13.3. The largest absolute Gasteiger partial charge is 0.366 e. The van der Waals surface area contributed by atoms with Gasteiger partial charge in [0.15, 0.2) is 0 Å². The summed E-state index contributed by atoms with van der Waals surface area (Å²) in [7, 11) is 0. The highest BCUT2D eigenvalue weighted by Crippen LogP contribution is 2.34. The summed E-state index contributed by atoms with van der Waals surface area (Å²) in [6, 6.07) is 9.47. The third-order valence-electron chi connectivity index (χ3n) is 4.90. The van der Waals surface area contributed by atoms with E-state index < -0.39 is 5.91 Å². The summed E-state index contributed by atoms with van der Waals surface area (Å²) >= 11 is 3.13. The van der Waals surface area contributed by atoms with Gasteiger partial charge in [-0.3, -0.25) is 4.79 Å². The van der Waals surface area contributed by atoms with Crippen molar-refractivity contribution in [3.05, 3.63) is 63.3 Å². The number of pyridine rings is 1. The molecular weight excluding hydrogens is 388 g/mol. The van der Waals surface area contributed by atoms with Gasteiger partial charge in [-0.2, -0.15) is 5.26 Å². The van der Waals surface area contributed by atoms with E-state index in [-0.39, 0.29) is 0 Å². The topological polar surface area (TPSA) is 92.7 Å². The normalized spacial score (nSPS) is 12.6. The number of aryl methyl sites for hydroxylation is 1. The number of amides is 1. The van der Waals surface area contributed by atoms with E-state index in [9.17, 15) is 10.1 Å². The maximum absolute atomic E-state index is 11.2. The number of carbonyl (C=O) groups excluding carboxylic acids is 1. The maximum atomic E-state index is 11.2. The first kappa shape index (κ1) is 18.7. The molecule has 0 unspecified atom stereocenters. The molecule has 0 fully saturated rings. The van der Waals surface area contributed by atoms with Crippen LogP contribution in [0, 0.1) is 18.3 Å². The second kappa shape index (κ2) is 7.74. The minimum Gasteiger partial charge on any atom is -0.366 e. The summed E-state index contributed by atoms with van der Waals surface area (Å²) in [4.78, 5) is 20.7. The minimum absolute atomic E-state index is 0.437. The number of primary amides is 1. The number of thiazole rings is 1. The lowest BCUT2D eigenvalue weighted by Crippen LogP contribution is -2.10. The predicted molar refractivity (Wildman–Crippen MR) is 111 cm³/mol. The smallest absolute Gasteiger partial charge is 0.248 e. The predicted octanol–water partition coefficient (Wildman–Crippen LogP) is 4.27. The molecule has 28 heavy (non-hydrogen) atoms. The number of nitrogens with zero attached hydrogens (tertiary/aromatic N) is 3. The van der Waals surface area contributed by atoms with Gasteiger partial charge in [0, 0.05) is 28.0 Å². The number of hydrogen-bond donors (Lipinski definition) is 1. The van der Waals surface area contributed by atoms with Crippen molar-refractivity contribution in [1.82, 2.24) is 9.97 Å². The van der Waals surface area contributed by atoms with Gasteiger partial charge >= 0.3 is 0 Å². The summed E-state index contributed by atoms with van der Waals surface area (Å²) in [6.45, 7) is 2.03. The average molecular weight is 407 g/mol. The highest BCUT2D eigenvalue weighted by Gasteiger charge is 2.21. The van der Waals surface area contributed by atoms with Crippen LogP contribution in [0.2, 0.25) is 0 Å². The fraction of sp³-hybridized carbons (Fsp3) is 0.238. The van der Waals surface area contributed by atoms with Crippen molar-refractivity contribution in [2.45, 2.75) is 37.0 Å². The Morgan fingerprint density at radius 3 is 2.79 bits per heavy atom. The quantitative estimate of drug-likeness (QED) is 0.639. The van der Waals surface area contributed by atoms with E-state index in [1.807, 2.05) is 24.4 Å². The zero-order chi connectivity index (χ0) is 19.7. The molecule has 1 aliphatic rings. The summed E-state index contributed by atoms with van der Waals surface area (Å²) < 4.78 is 0. The van der Waals surface area contributed by atoms with E-state index in [1.54, 1.807) is 35.2 Å². The minimum atomic E-state index is -0.437. The second-order valence-corrected chi connectivity index (χ2v) is 8.50. The Kier molecular flexibility index (Phi) is 5.16. The molecule has 0 radical (unpaired) electrons. The first-order valence-electron chi connectivity index (χ1n) is 8.96. The molecule has 7 heteroatoms. The Morgan fingerprint density at radius 1 is 1.29 bits per heavy atom. The van der Waals surface area contributed by atoms with Crippen molar-refractivity contribution in [2.24, 2.45) is 5.73 Å². The third kappa shape index (κ3) is 3.53. The van der Waals surface area contributed by atoms with Gasteiger partial charge in [-0.25, -0.2) is 9.97 Å².